The van der Waals surface area contributed by atoms with E-state index in [1.165, 1.54) is 0 Å². The van der Waals surface area contributed by atoms with Crippen LogP contribution in [0.1, 0.15) is 29.5 Å². The van der Waals surface area contributed by atoms with E-state index in [1.807, 2.05) is 32.9 Å². The lowest BCUT2D eigenvalue weighted by Gasteiger charge is -2.24. The van der Waals surface area contributed by atoms with Crippen LogP contribution in [0.2, 0.25) is 0 Å². The van der Waals surface area contributed by atoms with Crippen molar-refractivity contribution in [1.82, 2.24) is 0 Å². The van der Waals surface area contributed by atoms with Gasteiger partial charge in [0.25, 0.3) is 0 Å². The summed E-state index contributed by atoms with van der Waals surface area (Å²) in [6.07, 6.45) is 0.905. The minimum atomic E-state index is -0.940. The maximum Gasteiger partial charge on any atom is 0.310 e. The van der Waals surface area contributed by atoms with Crippen molar-refractivity contribution in [3.63, 3.8) is 0 Å². The molecule has 3 rings (SSSR count). The fourth-order valence-corrected chi connectivity index (χ4v) is 3.91. The van der Waals surface area contributed by atoms with Crippen LogP contribution in [0, 0.1) is 32.6 Å². The molecule has 4 atom stereocenters. The smallest absolute Gasteiger partial charge is 0.310 e. The molecule has 0 radical (unpaired) electrons. The predicted octanol–water partition coefficient (Wildman–Crippen LogP) is 2.43. The van der Waals surface area contributed by atoms with Crippen molar-refractivity contribution in [3.05, 3.63) is 28.8 Å². The summed E-state index contributed by atoms with van der Waals surface area (Å²) in [5.74, 6) is -2.51. The first kappa shape index (κ1) is 15.0. The zero-order valence-corrected chi connectivity index (χ0v) is 13.1. The van der Waals surface area contributed by atoms with Crippen molar-refractivity contribution < 1.29 is 19.4 Å². The van der Waals surface area contributed by atoms with Gasteiger partial charge in [0.05, 0.1) is 24.0 Å². The van der Waals surface area contributed by atoms with E-state index in [1.54, 1.807) is 0 Å². The van der Waals surface area contributed by atoms with Crippen LogP contribution in [0.4, 0.5) is 5.69 Å². The average Bonchev–Trinajstić information content (AvgIpc) is 3.02. The lowest BCUT2D eigenvalue weighted by Crippen LogP contribution is -2.41. The molecule has 2 heterocycles. The number of ether oxygens (including phenoxy) is 1. The van der Waals surface area contributed by atoms with Gasteiger partial charge in [0, 0.05) is 5.69 Å². The minimum Gasteiger partial charge on any atom is -0.481 e. The summed E-state index contributed by atoms with van der Waals surface area (Å²) in [5.41, 5.74) is 3.89. The molecule has 5 heteroatoms. The van der Waals surface area contributed by atoms with E-state index in [2.05, 4.69) is 5.32 Å². The molecule has 0 saturated carbocycles. The van der Waals surface area contributed by atoms with Crippen LogP contribution in [0.25, 0.3) is 0 Å². The van der Waals surface area contributed by atoms with E-state index in [-0.39, 0.29) is 18.1 Å². The Kier molecular flexibility index (Phi) is 3.68. The van der Waals surface area contributed by atoms with Crippen LogP contribution in [0.15, 0.2) is 12.1 Å². The molecule has 1 aromatic rings. The lowest BCUT2D eigenvalue weighted by atomic mass is 9.78. The van der Waals surface area contributed by atoms with Gasteiger partial charge in [-0.15, -0.1) is 0 Å². The van der Waals surface area contributed by atoms with Crippen LogP contribution in [-0.4, -0.2) is 29.2 Å². The number of anilines is 1. The normalized spacial score (nSPS) is 29.6. The van der Waals surface area contributed by atoms with Gasteiger partial charge in [-0.3, -0.25) is 9.59 Å². The summed E-state index contributed by atoms with van der Waals surface area (Å²) in [5, 5.41) is 12.3. The zero-order valence-electron chi connectivity index (χ0n) is 13.1. The first-order valence-corrected chi connectivity index (χ1v) is 7.65. The second-order valence-corrected chi connectivity index (χ2v) is 6.44. The topological polar surface area (TPSA) is 75.6 Å². The summed E-state index contributed by atoms with van der Waals surface area (Å²) in [6, 6.07) is 4.02. The highest BCUT2D eigenvalue weighted by atomic mass is 16.5. The molecule has 2 saturated heterocycles. The number of rotatable bonds is 3. The molecule has 118 valence electrons. The number of benzene rings is 1. The van der Waals surface area contributed by atoms with Crippen molar-refractivity contribution in [1.29, 1.82) is 0 Å². The number of carbonyl (C=O) groups excluding carboxylic acids is 1. The van der Waals surface area contributed by atoms with Gasteiger partial charge >= 0.3 is 5.97 Å². The Balaban J connectivity index is 1.84. The Morgan fingerprint density at radius 2 is 1.64 bits per heavy atom. The molecule has 2 aliphatic heterocycles. The molecule has 2 unspecified atom stereocenters. The van der Waals surface area contributed by atoms with Gasteiger partial charge in [-0.25, -0.2) is 0 Å². The Hall–Kier alpha value is -1.88. The third-order valence-corrected chi connectivity index (χ3v) is 4.79. The number of hydrogen-bond acceptors (Lipinski definition) is 3. The van der Waals surface area contributed by atoms with Crippen molar-refractivity contribution >= 4 is 17.6 Å². The molecule has 5 nitrogen and oxygen atoms in total. The number of hydrogen-bond donors (Lipinski definition) is 2. The molecule has 0 aliphatic carbocycles. The van der Waals surface area contributed by atoms with Gasteiger partial charge in [0.1, 0.15) is 0 Å². The second kappa shape index (κ2) is 5.39. The molecule has 1 aromatic carbocycles. The molecule has 2 N–H and O–H groups in total. The number of carboxylic acids is 1. The van der Waals surface area contributed by atoms with E-state index in [4.69, 9.17) is 4.74 Å². The molecule has 0 aromatic heterocycles. The number of carboxylic acid groups (broad SMARTS) is 1. The van der Waals surface area contributed by atoms with Crippen LogP contribution >= 0.6 is 0 Å². The largest absolute Gasteiger partial charge is 0.481 e. The van der Waals surface area contributed by atoms with E-state index < -0.39 is 17.8 Å². The zero-order chi connectivity index (χ0) is 16.0. The van der Waals surface area contributed by atoms with Crippen LogP contribution in [-0.2, 0) is 14.3 Å². The molecule has 0 spiro atoms. The summed E-state index contributed by atoms with van der Waals surface area (Å²) < 4.78 is 5.66. The van der Waals surface area contributed by atoms with E-state index in [0.717, 1.165) is 35.2 Å². The van der Waals surface area contributed by atoms with Crippen molar-refractivity contribution in [2.24, 2.45) is 11.8 Å². The van der Waals surface area contributed by atoms with Gasteiger partial charge in [0.15, 0.2) is 0 Å². The van der Waals surface area contributed by atoms with Crippen LogP contribution in [0.5, 0.6) is 0 Å². The van der Waals surface area contributed by atoms with Crippen molar-refractivity contribution in [3.8, 4) is 0 Å². The van der Waals surface area contributed by atoms with Gasteiger partial charge in [-0.2, -0.15) is 0 Å². The maximum atomic E-state index is 12.7. The lowest BCUT2D eigenvalue weighted by molar-refractivity contribution is -0.147. The highest BCUT2D eigenvalue weighted by Crippen LogP contribution is 2.44. The Labute approximate surface area is 129 Å². The van der Waals surface area contributed by atoms with Gasteiger partial charge in [-0.1, -0.05) is 17.7 Å². The molecule has 2 aliphatic rings. The first-order chi connectivity index (χ1) is 10.4. The second-order valence-electron chi connectivity index (χ2n) is 6.44. The van der Waals surface area contributed by atoms with Gasteiger partial charge in [-0.05, 0) is 44.7 Å². The number of fused-ring (bicyclic) bond motifs is 2. The summed E-state index contributed by atoms with van der Waals surface area (Å²) in [4.78, 5) is 24.1. The third kappa shape index (κ3) is 2.39. The Bertz CT molecular complexity index is 617. The highest BCUT2D eigenvalue weighted by Gasteiger charge is 2.55. The van der Waals surface area contributed by atoms with E-state index >= 15 is 0 Å². The molecule has 1 amide bonds. The monoisotopic (exact) mass is 303 g/mol. The average molecular weight is 303 g/mol. The predicted molar refractivity (Wildman–Crippen MR) is 81.8 cm³/mol. The van der Waals surface area contributed by atoms with Gasteiger partial charge < -0.3 is 15.2 Å². The van der Waals surface area contributed by atoms with Crippen LogP contribution < -0.4 is 5.32 Å². The number of carbonyl (C=O) groups is 2. The summed E-state index contributed by atoms with van der Waals surface area (Å²) in [7, 11) is 0. The quantitative estimate of drug-likeness (QED) is 0.899. The number of aryl methyl sites for hydroxylation is 3. The maximum absolute atomic E-state index is 12.7. The molecular weight excluding hydrogens is 282 g/mol. The number of aliphatic carboxylic acids is 1. The van der Waals surface area contributed by atoms with Crippen LogP contribution in [0.3, 0.4) is 0 Å². The van der Waals surface area contributed by atoms with Crippen molar-refractivity contribution in [2.75, 3.05) is 5.32 Å². The third-order valence-electron chi connectivity index (χ3n) is 4.79. The summed E-state index contributed by atoms with van der Waals surface area (Å²) in [6.45, 7) is 5.90. The molecular formula is C17H21NO4. The Morgan fingerprint density at radius 3 is 2.18 bits per heavy atom. The SMILES string of the molecule is Cc1cc(C)c(NC(=O)C2C(C(=O)O)[C@H]3CC[C@@H]2O3)c(C)c1. The van der Waals surface area contributed by atoms with Gasteiger partial charge in [0.2, 0.25) is 5.91 Å². The number of amides is 1. The molecule has 2 fully saturated rings. The fraction of sp³-hybridized carbons (Fsp3) is 0.529. The van der Waals surface area contributed by atoms with E-state index in [0.29, 0.717) is 0 Å². The van der Waals surface area contributed by atoms with Crippen molar-refractivity contribution in [2.45, 2.75) is 45.8 Å². The standard InChI is InChI=1S/C17H21NO4/c1-8-6-9(2)15(10(3)7-8)18-16(19)13-11-4-5-12(22-11)14(13)17(20)21/h6-7,11-14H,4-5H2,1-3H3,(H,18,19)(H,20,21)/t11-,12+,13?,14?/m0/s1. The molecule has 22 heavy (non-hydrogen) atoms. The minimum absolute atomic E-state index is 0.241. The first-order valence-electron chi connectivity index (χ1n) is 7.65. The number of nitrogens with one attached hydrogen (secondary N) is 1. The van der Waals surface area contributed by atoms with E-state index in [9.17, 15) is 14.7 Å². The Morgan fingerprint density at radius 1 is 1.09 bits per heavy atom. The summed E-state index contributed by atoms with van der Waals surface area (Å²) >= 11 is 0. The highest BCUT2D eigenvalue weighted by molar-refractivity contribution is 5.97. The fourth-order valence-electron chi connectivity index (χ4n) is 3.91. The molecule has 2 bridgehead atoms.